The van der Waals surface area contributed by atoms with Gasteiger partial charge in [-0.2, -0.15) is 0 Å². The average molecular weight is 217 g/mol. The standard InChI is InChI=1S/C8H15N3O2S/c1-11(4-5-12)3-2-9-7-6-14-8(13)10-7/h12H,2-6H2,1H3,(H,9,10,13). The number of nitrogens with one attached hydrogen (secondary N) is 1. The maximum absolute atomic E-state index is 10.8. The Hall–Kier alpha value is -0.590. The number of nitrogens with zero attached hydrogens (tertiary/aromatic N) is 2. The molecule has 14 heavy (non-hydrogen) atoms. The Kier molecular flexibility index (Phi) is 4.92. The number of rotatable bonds is 5. The summed E-state index contributed by atoms with van der Waals surface area (Å²) >= 11 is 1.24. The van der Waals surface area contributed by atoms with Crippen molar-refractivity contribution in [2.45, 2.75) is 0 Å². The predicted octanol–water partition coefficient (Wildman–Crippen LogP) is -0.235. The molecule has 1 amide bonds. The number of aliphatic imine (C=N–C) groups is 1. The lowest BCUT2D eigenvalue weighted by molar-refractivity contribution is 0.224. The fourth-order valence-corrected chi connectivity index (χ4v) is 1.67. The van der Waals surface area contributed by atoms with Crippen molar-refractivity contribution >= 4 is 22.8 Å². The quantitative estimate of drug-likeness (QED) is 0.667. The number of amidine groups is 1. The SMILES string of the molecule is CN(CCO)CCN=C1CSC(=O)N1. The van der Waals surface area contributed by atoms with Gasteiger partial charge in [0.25, 0.3) is 5.24 Å². The molecule has 0 saturated carbocycles. The molecule has 5 nitrogen and oxygen atoms in total. The van der Waals surface area contributed by atoms with E-state index >= 15 is 0 Å². The van der Waals surface area contributed by atoms with Crippen LogP contribution >= 0.6 is 11.8 Å². The average Bonchev–Trinajstić information content (AvgIpc) is 2.52. The molecule has 1 rings (SSSR count). The Morgan fingerprint density at radius 1 is 1.64 bits per heavy atom. The van der Waals surface area contributed by atoms with E-state index in [4.69, 9.17) is 5.11 Å². The number of amides is 1. The van der Waals surface area contributed by atoms with Gasteiger partial charge >= 0.3 is 0 Å². The van der Waals surface area contributed by atoms with Crippen molar-refractivity contribution in [1.29, 1.82) is 0 Å². The first-order valence-electron chi connectivity index (χ1n) is 4.49. The van der Waals surface area contributed by atoms with Gasteiger partial charge in [0.1, 0.15) is 5.84 Å². The topological polar surface area (TPSA) is 64.9 Å². The van der Waals surface area contributed by atoms with Crippen LogP contribution in [0.25, 0.3) is 0 Å². The second kappa shape index (κ2) is 6.00. The number of carbonyl (C=O) groups is 1. The van der Waals surface area contributed by atoms with E-state index in [1.54, 1.807) is 0 Å². The molecule has 1 heterocycles. The van der Waals surface area contributed by atoms with Crippen molar-refractivity contribution in [3.63, 3.8) is 0 Å². The van der Waals surface area contributed by atoms with Crippen LogP contribution < -0.4 is 5.32 Å². The highest BCUT2D eigenvalue weighted by Crippen LogP contribution is 2.08. The Balaban J connectivity index is 2.16. The van der Waals surface area contributed by atoms with Gasteiger partial charge in [-0.15, -0.1) is 0 Å². The lowest BCUT2D eigenvalue weighted by atomic mass is 10.5. The molecule has 2 N–H and O–H groups in total. The van der Waals surface area contributed by atoms with Crippen LogP contribution in [0.1, 0.15) is 0 Å². The maximum atomic E-state index is 10.8. The lowest BCUT2D eigenvalue weighted by Gasteiger charge is -2.12. The zero-order valence-corrected chi connectivity index (χ0v) is 9.01. The zero-order valence-electron chi connectivity index (χ0n) is 8.19. The molecule has 0 aromatic rings. The summed E-state index contributed by atoms with van der Waals surface area (Å²) in [6.07, 6.45) is 0. The first kappa shape index (κ1) is 11.5. The number of likely N-dealkylation sites (N-methyl/N-ethyl adjacent to an activating group) is 1. The summed E-state index contributed by atoms with van der Waals surface area (Å²) in [7, 11) is 1.93. The second-order valence-electron chi connectivity index (χ2n) is 3.06. The van der Waals surface area contributed by atoms with Gasteiger partial charge in [0.2, 0.25) is 0 Å². The normalized spacial score (nSPS) is 19.4. The third kappa shape index (κ3) is 4.08. The molecule has 0 aliphatic carbocycles. The van der Waals surface area contributed by atoms with E-state index in [0.717, 1.165) is 12.4 Å². The molecule has 6 heteroatoms. The van der Waals surface area contributed by atoms with Crippen molar-refractivity contribution in [2.24, 2.45) is 4.99 Å². The molecule has 0 radical (unpaired) electrons. The van der Waals surface area contributed by atoms with Gasteiger partial charge < -0.3 is 15.3 Å². The summed E-state index contributed by atoms with van der Waals surface area (Å²) in [6.45, 7) is 2.28. The lowest BCUT2D eigenvalue weighted by Crippen LogP contribution is -2.26. The summed E-state index contributed by atoms with van der Waals surface area (Å²) < 4.78 is 0. The number of aliphatic hydroxyl groups excluding tert-OH is 1. The fourth-order valence-electron chi connectivity index (χ4n) is 1.05. The van der Waals surface area contributed by atoms with Crippen LogP contribution in [0.2, 0.25) is 0 Å². The van der Waals surface area contributed by atoms with E-state index in [1.165, 1.54) is 11.8 Å². The Bertz CT molecular complexity index is 233. The molecular weight excluding hydrogens is 202 g/mol. The third-order valence-electron chi connectivity index (χ3n) is 1.85. The van der Waals surface area contributed by atoms with E-state index in [2.05, 4.69) is 10.3 Å². The Morgan fingerprint density at radius 3 is 3.00 bits per heavy atom. The van der Waals surface area contributed by atoms with E-state index in [-0.39, 0.29) is 11.8 Å². The summed E-state index contributed by atoms with van der Waals surface area (Å²) in [4.78, 5) is 17.0. The number of hydrogen-bond acceptors (Lipinski definition) is 5. The molecule has 0 bridgehead atoms. The number of carbonyl (C=O) groups excluding carboxylic acids is 1. The van der Waals surface area contributed by atoms with Crippen LogP contribution in [-0.2, 0) is 0 Å². The molecule has 0 aromatic heterocycles. The maximum Gasteiger partial charge on any atom is 0.284 e. The van der Waals surface area contributed by atoms with Crippen LogP contribution in [-0.4, -0.2) is 60.1 Å². The third-order valence-corrected chi connectivity index (χ3v) is 2.63. The van der Waals surface area contributed by atoms with E-state index in [0.29, 0.717) is 18.8 Å². The van der Waals surface area contributed by atoms with Crippen LogP contribution in [0, 0.1) is 0 Å². The Labute approximate surface area is 87.6 Å². The highest BCUT2D eigenvalue weighted by molar-refractivity contribution is 8.14. The molecule has 1 fully saturated rings. The highest BCUT2D eigenvalue weighted by atomic mass is 32.2. The number of hydrogen-bond donors (Lipinski definition) is 2. The van der Waals surface area contributed by atoms with Crippen LogP contribution in [0.3, 0.4) is 0 Å². The molecule has 0 atom stereocenters. The van der Waals surface area contributed by atoms with Crippen molar-refractivity contribution < 1.29 is 9.90 Å². The first-order chi connectivity index (χ1) is 6.72. The van der Waals surface area contributed by atoms with E-state index in [1.807, 2.05) is 11.9 Å². The van der Waals surface area contributed by atoms with Crippen molar-refractivity contribution in [2.75, 3.05) is 39.0 Å². The smallest absolute Gasteiger partial charge is 0.284 e. The minimum absolute atomic E-state index is 0.0209. The summed E-state index contributed by atoms with van der Waals surface area (Å²) in [5, 5.41) is 11.3. The van der Waals surface area contributed by atoms with Crippen molar-refractivity contribution in [1.82, 2.24) is 10.2 Å². The molecule has 1 aliphatic rings. The monoisotopic (exact) mass is 217 g/mol. The fraction of sp³-hybridized carbons (Fsp3) is 0.750. The van der Waals surface area contributed by atoms with Gasteiger partial charge in [0, 0.05) is 13.1 Å². The molecule has 0 spiro atoms. The van der Waals surface area contributed by atoms with Gasteiger partial charge in [-0.05, 0) is 7.05 Å². The summed E-state index contributed by atoms with van der Waals surface area (Å²) in [5.41, 5.74) is 0. The van der Waals surface area contributed by atoms with Crippen molar-refractivity contribution in [3.8, 4) is 0 Å². The largest absolute Gasteiger partial charge is 0.395 e. The molecular formula is C8H15N3O2S. The summed E-state index contributed by atoms with van der Waals surface area (Å²) in [6, 6.07) is 0. The number of thioether (sulfide) groups is 1. The molecule has 0 aromatic carbocycles. The zero-order chi connectivity index (χ0) is 10.4. The molecule has 0 unspecified atom stereocenters. The molecule has 1 saturated heterocycles. The molecule has 80 valence electrons. The Morgan fingerprint density at radius 2 is 2.43 bits per heavy atom. The van der Waals surface area contributed by atoms with Gasteiger partial charge in [0.15, 0.2) is 0 Å². The van der Waals surface area contributed by atoms with Gasteiger partial charge in [-0.1, -0.05) is 11.8 Å². The minimum Gasteiger partial charge on any atom is -0.395 e. The summed E-state index contributed by atoms with van der Waals surface area (Å²) in [5.74, 6) is 1.42. The highest BCUT2D eigenvalue weighted by Gasteiger charge is 2.15. The van der Waals surface area contributed by atoms with Crippen LogP contribution in [0.15, 0.2) is 4.99 Å². The second-order valence-corrected chi connectivity index (χ2v) is 4.00. The van der Waals surface area contributed by atoms with Crippen LogP contribution in [0.5, 0.6) is 0 Å². The van der Waals surface area contributed by atoms with Gasteiger partial charge in [0.05, 0.1) is 18.9 Å². The number of aliphatic hydroxyl groups is 1. The first-order valence-corrected chi connectivity index (χ1v) is 5.47. The predicted molar refractivity (Wildman–Crippen MR) is 57.9 cm³/mol. The van der Waals surface area contributed by atoms with Crippen molar-refractivity contribution in [3.05, 3.63) is 0 Å². The van der Waals surface area contributed by atoms with Gasteiger partial charge in [-0.25, -0.2) is 0 Å². The van der Waals surface area contributed by atoms with Crippen LogP contribution in [0.4, 0.5) is 4.79 Å². The van der Waals surface area contributed by atoms with E-state index in [9.17, 15) is 4.79 Å². The van der Waals surface area contributed by atoms with Gasteiger partial charge in [-0.3, -0.25) is 9.79 Å². The van der Waals surface area contributed by atoms with E-state index < -0.39 is 0 Å². The molecule has 1 aliphatic heterocycles. The minimum atomic E-state index is -0.0209.